The average Bonchev–Trinajstić information content (AvgIpc) is 2.87. The van der Waals surface area contributed by atoms with E-state index in [1.54, 1.807) is 14.2 Å². The minimum absolute atomic E-state index is 0.0834. The lowest BCUT2D eigenvalue weighted by atomic mass is 9.78. The van der Waals surface area contributed by atoms with Crippen molar-refractivity contribution in [3.8, 4) is 17.2 Å². The number of aliphatic hydroxyl groups is 1. The van der Waals surface area contributed by atoms with E-state index in [-0.39, 0.29) is 12.0 Å². The van der Waals surface area contributed by atoms with Crippen LogP contribution in [0.3, 0.4) is 0 Å². The molecule has 0 saturated carbocycles. The maximum Gasteiger partial charge on any atom is 0.161 e. The SMILES string of the molecule is COc1cc2c(cc1OC)C[NH+](C[C@@H](O)COc1ccc(C(C)(C)c3ccccc3)cc1)CC2. The van der Waals surface area contributed by atoms with Gasteiger partial charge in [0.25, 0.3) is 0 Å². The van der Waals surface area contributed by atoms with Gasteiger partial charge in [-0.3, -0.25) is 0 Å². The van der Waals surface area contributed by atoms with E-state index in [1.165, 1.54) is 27.2 Å². The fraction of sp³-hybridized carbons (Fsp3) is 0.379. The number of benzene rings is 3. The van der Waals surface area contributed by atoms with E-state index in [0.717, 1.165) is 36.8 Å². The van der Waals surface area contributed by atoms with Crippen LogP contribution in [0.25, 0.3) is 0 Å². The molecule has 0 aromatic heterocycles. The molecule has 1 heterocycles. The number of aliphatic hydroxyl groups excluding tert-OH is 1. The molecule has 1 unspecified atom stereocenters. The van der Waals surface area contributed by atoms with Crippen LogP contribution >= 0.6 is 0 Å². The highest BCUT2D eigenvalue weighted by molar-refractivity contribution is 5.47. The predicted molar refractivity (Wildman–Crippen MR) is 134 cm³/mol. The van der Waals surface area contributed by atoms with E-state index >= 15 is 0 Å². The Bertz CT molecular complexity index is 1080. The van der Waals surface area contributed by atoms with Crippen molar-refractivity contribution in [3.05, 3.63) is 89.0 Å². The molecule has 3 aromatic rings. The Labute approximate surface area is 202 Å². The number of methoxy groups -OCH3 is 2. The maximum absolute atomic E-state index is 10.6. The molecule has 3 aromatic carbocycles. The second-order valence-corrected chi connectivity index (χ2v) is 9.59. The molecule has 2 atom stereocenters. The zero-order valence-electron chi connectivity index (χ0n) is 20.6. The smallest absolute Gasteiger partial charge is 0.161 e. The summed E-state index contributed by atoms with van der Waals surface area (Å²) in [6.07, 6.45) is 0.425. The topological polar surface area (TPSA) is 52.4 Å². The predicted octanol–water partition coefficient (Wildman–Crippen LogP) is 3.41. The number of ether oxygens (including phenoxy) is 3. The lowest BCUT2D eigenvalue weighted by molar-refractivity contribution is -0.918. The van der Waals surface area contributed by atoms with Crippen molar-refractivity contribution in [3.63, 3.8) is 0 Å². The minimum Gasteiger partial charge on any atom is -0.493 e. The van der Waals surface area contributed by atoms with Crippen LogP contribution in [0, 0.1) is 0 Å². The second-order valence-electron chi connectivity index (χ2n) is 9.59. The van der Waals surface area contributed by atoms with E-state index in [1.807, 2.05) is 18.2 Å². The summed E-state index contributed by atoms with van der Waals surface area (Å²) in [5.74, 6) is 2.31. The molecule has 180 valence electrons. The van der Waals surface area contributed by atoms with E-state index in [4.69, 9.17) is 14.2 Å². The van der Waals surface area contributed by atoms with Gasteiger partial charge in [0, 0.05) is 17.4 Å². The van der Waals surface area contributed by atoms with Crippen molar-refractivity contribution < 1.29 is 24.2 Å². The van der Waals surface area contributed by atoms with Crippen molar-refractivity contribution in [1.29, 1.82) is 0 Å². The van der Waals surface area contributed by atoms with Gasteiger partial charge >= 0.3 is 0 Å². The maximum atomic E-state index is 10.6. The third kappa shape index (κ3) is 5.37. The summed E-state index contributed by atoms with van der Waals surface area (Å²) in [5.41, 5.74) is 4.98. The molecule has 0 bridgehead atoms. The molecule has 2 N–H and O–H groups in total. The Hall–Kier alpha value is -3.02. The van der Waals surface area contributed by atoms with Crippen LogP contribution in [0.4, 0.5) is 0 Å². The zero-order chi connectivity index (χ0) is 24.1. The Kier molecular flexibility index (Phi) is 7.44. The van der Waals surface area contributed by atoms with Crippen LogP contribution in [-0.4, -0.2) is 45.1 Å². The van der Waals surface area contributed by atoms with Gasteiger partial charge in [0.15, 0.2) is 11.5 Å². The highest BCUT2D eigenvalue weighted by atomic mass is 16.5. The van der Waals surface area contributed by atoms with Crippen molar-refractivity contribution >= 4 is 0 Å². The van der Waals surface area contributed by atoms with Gasteiger partial charge in [-0.2, -0.15) is 0 Å². The third-order valence-corrected chi connectivity index (χ3v) is 6.93. The van der Waals surface area contributed by atoms with Crippen molar-refractivity contribution in [2.75, 3.05) is 33.9 Å². The number of quaternary nitrogens is 1. The summed E-state index contributed by atoms with van der Waals surface area (Å²) < 4.78 is 16.8. The van der Waals surface area contributed by atoms with E-state index in [0.29, 0.717) is 6.54 Å². The van der Waals surface area contributed by atoms with Gasteiger partial charge in [-0.25, -0.2) is 0 Å². The fourth-order valence-corrected chi connectivity index (χ4v) is 4.78. The molecular weight excluding hydrogens is 426 g/mol. The summed E-state index contributed by atoms with van der Waals surface area (Å²) >= 11 is 0. The van der Waals surface area contributed by atoms with Crippen molar-refractivity contribution in [2.24, 2.45) is 0 Å². The van der Waals surface area contributed by atoms with Gasteiger partial charge in [-0.1, -0.05) is 56.3 Å². The Morgan fingerprint density at radius 2 is 1.50 bits per heavy atom. The van der Waals surface area contributed by atoms with E-state index in [2.05, 4.69) is 62.4 Å². The van der Waals surface area contributed by atoms with Crippen LogP contribution in [0.1, 0.15) is 36.1 Å². The molecule has 0 saturated heterocycles. The number of fused-ring (bicyclic) bond motifs is 1. The van der Waals surface area contributed by atoms with E-state index in [9.17, 15) is 5.11 Å². The standard InChI is InChI=1S/C29H35NO4/c1-29(2,23-8-6-5-7-9-23)24-10-12-26(13-11-24)34-20-25(31)19-30-15-14-21-16-27(32-3)28(33-4)17-22(21)18-30/h5-13,16-17,25,31H,14-15,18-20H2,1-4H3/p+1/t25-/m1/s1. The lowest BCUT2D eigenvalue weighted by Crippen LogP contribution is -3.13. The fourth-order valence-electron chi connectivity index (χ4n) is 4.78. The molecule has 0 spiro atoms. The number of hydrogen-bond donors (Lipinski definition) is 2. The van der Waals surface area contributed by atoms with Crippen molar-refractivity contribution in [1.82, 2.24) is 0 Å². The average molecular weight is 463 g/mol. The molecule has 0 fully saturated rings. The molecule has 1 aliphatic heterocycles. The first-order chi connectivity index (χ1) is 16.4. The van der Waals surface area contributed by atoms with Crippen LogP contribution < -0.4 is 19.1 Å². The van der Waals surface area contributed by atoms with Gasteiger partial charge < -0.3 is 24.2 Å². The molecule has 0 radical (unpaired) electrons. The van der Waals surface area contributed by atoms with Crippen LogP contribution in [0.5, 0.6) is 17.2 Å². The van der Waals surface area contributed by atoms with Crippen LogP contribution in [-0.2, 0) is 18.4 Å². The molecular formula is C29H36NO4+. The molecule has 5 nitrogen and oxygen atoms in total. The summed E-state index contributed by atoms with van der Waals surface area (Å²) in [5, 5.41) is 10.6. The zero-order valence-corrected chi connectivity index (χ0v) is 20.6. The molecule has 34 heavy (non-hydrogen) atoms. The summed E-state index contributed by atoms with van der Waals surface area (Å²) in [6, 6.07) is 22.9. The molecule has 4 rings (SSSR count). The van der Waals surface area contributed by atoms with Gasteiger partial charge in [0.2, 0.25) is 0 Å². The summed E-state index contributed by atoms with van der Waals surface area (Å²) in [7, 11) is 3.33. The summed E-state index contributed by atoms with van der Waals surface area (Å²) in [4.78, 5) is 1.34. The third-order valence-electron chi connectivity index (χ3n) is 6.93. The van der Waals surface area contributed by atoms with Crippen molar-refractivity contribution in [2.45, 2.75) is 38.3 Å². The van der Waals surface area contributed by atoms with Gasteiger partial charge in [-0.05, 0) is 41.0 Å². The highest BCUT2D eigenvalue weighted by Crippen LogP contribution is 2.33. The van der Waals surface area contributed by atoms with Crippen LogP contribution in [0.15, 0.2) is 66.7 Å². The number of hydrogen-bond acceptors (Lipinski definition) is 4. The van der Waals surface area contributed by atoms with Crippen LogP contribution in [0.2, 0.25) is 0 Å². The molecule has 0 aliphatic carbocycles. The number of nitrogens with one attached hydrogen (secondary N) is 1. The Balaban J connectivity index is 1.31. The summed E-state index contributed by atoms with van der Waals surface area (Å²) in [6.45, 7) is 7.22. The Morgan fingerprint density at radius 3 is 2.15 bits per heavy atom. The number of rotatable bonds is 9. The van der Waals surface area contributed by atoms with Gasteiger partial charge in [-0.15, -0.1) is 0 Å². The van der Waals surface area contributed by atoms with Gasteiger partial charge in [0.1, 0.15) is 31.5 Å². The normalized spacial score (nSPS) is 16.4. The second kappa shape index (κ2) is 10.5. The molecule has 0 amide bonds. The monoisotopic (exact) mass is 462 g/mol. The lowest BCUT2D eigenvalue weighted by Gasteiger charge is -2.28. The van der Waals surface area contributed by atoms with E-state index < -0.39 is 6.10 Å². The first-order valence-corrected chi connectivity index (χ1v) is 11.9. The van der Waals surface area contributed by atoms with Gasteiger partial charge in [0.05, 0.1) is 20.8 Å². The Morgan fingerprint density at radius 1 is 0.882 bits per heavy atom. The minimum atomic E-state index is -0.530. The molecule has 5 heteroatoms. The first kappa shape index (κ1) is 24.1. The largest absolute Gasteiger partial charge is 0.493 e. The quantitative estimate of drug-likeness (QED) is 0.512. The first-order valence-electron chi connectivity index (χ1n) is 11.9. The highest BCUT2D eigenvalue weighted by Gasteiger charge is 2.25. The molecule has 1 aliphatic rings.